The van der Waals surface area contributed by atoms with Crippen LogP contribution in [0.15, 0.2) is 54.7 Å². The van der Waals surface area contributed by atoms with Gasteiger partial charge in [-0.15, -0.1) is 0 Å². The zero-order valence-electron chi connectivity index (χ0n) is 16.5. The van der Waals surface area contributed by atoms with Crippen LogP contribution in [0.4, 0.5) is 5.82 Å². The standard InChI is InChI=1S/C21H18Cl2N6OS/c1-13-4-2-5-14(10-13)20-26-27-21(31)28(20)12-18(30)25-17-8-9-24-29(17)11-15-6-3-7-16(22)19(15)23/h2-10H,11-12H2,1H3,(H,25,30)(H,27,31). The van der Waals surface area contributed by atoms with E-state index in [0.717, 1.165) is 16.7 Å². The third kappa shape index (κ3) is 4.71. The number of nitrogens with one attached hydrogen (secondary N) is 2. The van der Waals surface area contributed by atoms with E-state index < -0.39 is 0 Å². The normalized spacial score (nSPS) is 10.9. The van der Waals surface area contributed by atoms with Crippen LogP contribution in [0.5, 0.6) is 0 Å². The molecule has 0 aliphatic heterocycles. The third-order valence-corrected chi connectivity index (χ3v) is 5.84. The molecule has 0 aliphatic rings. The molecule has 0 aliphatic carbocycles. The van der Waals surface area contributed by atoms with E-state index in [-0.39, 0.29) is 12.5 Å². The second-order valence-corrected chi connectivity index (χ2v) is 8.12. The molecule has 10 heteroatoms. The highest BCUT2D eigenvalue weighted by Crippen LogP contribution is 2.26. The van der Waals surface area contributed by atoms with Gasteiger partial charge >= 0.3 is 0 Å². The van der Waals surface area contributed by atoms with Crippen molar-refractivity contribution in [2.45, 2.75) is 20.0 Å². The van der Waals surface area contributed by atoms with Gasteiger partial charge in [-0.2, -0.15) is 10.2 Å². The molecule has 31 heavy (non-hydrogen) atoms. The lowest BCUT2D eigenvalue weighted by molar-refractivity contribution is -0.116. The molecule has 0 spiro atoms. The summed E-state index contributed by atoms with van der Waals surface area (Å²) in [5, 5.41) is 15.1. The van der Waals surface area contributed by atoms with Gasteiger partial charge in [-0.3, -0.25) is 14.5 Å². The van der Waals surface area contributed by atoms with Crippen molar-refractivity contribution in [2.75, 3.05) is 5.32 Å². The summed E-state index contributed by atoms with van der Waals surface area (Å²) in [6.45, 7) is 2.36. The van der Waals surface area contributed by atoms with E-state index in [9.17, 15) is 4.79 Å². The lowest BCUT2D eigenvalue weighted by Crippen LogP contribution is -2.21. The molecule has 4 rings (SSSR count). The summed E-state index contributed by atoms with van der Waals surface area (Å²) in [7, 11) is 0. The van der Waals surface area contributed by atoms with Gasteiger partial charge in [0.25, 0.3) is 0 Å². The van der Waals surface area contributed by atoms with Crippen LogP contribution in [0.1, 0.15) is 11.1 Å². The van der Waals surface area contributed by atoms with Crippen LogP contribution in [0.25, 0.3) is 11.4 Å². The number of carbonyl (C=O) groups excluding carboxylic acids is 1. The van der Waals surface area contributed by atoms with Crippen LogP contribution in [0.3, 0.4) is 0 Å². The Morgan fingerprint density at radius 3 is 2.81 bits per heavy atom. The molecule has 158 valence electrons. The number of aryl methyl sites for hydroxylation is 1. The van der Waals surface area contributed by atoms with Crippen molar-refractivity contribution < 1.29 is 4.79 Å². The highest BCUT2D eigenvalue weighted by atomic mass is 35.5. The first-order chi connectivity index (χ1) is 14.9. The molecule has 2 aromatic heterocycles. The highest BCUT2D eigenvalue weighted by molar-refractivity contribution is 7.71. The number of carbonyl (C=O) groups is 1. The predicted molar refractivity (Wildman–Crippen MR) is 124 cm³/mol. The van der Waals surface area contributed by atoms with Crippen LogP contribution in [0, 0.1) is 11.7 Å². The quantitative estimate of drug-likeness (QED) is 0.382. The second kappa shape index (κ2) is 9.05. The van der Waals surface area contributed by atoms with Crippen molar-refractivity contribution in [3.63, 3.8) is 0 Å². The first kappa shape index (κ1) is 21.3. The number of H-pyrrole nitrogens is 1. The van der Waals surface area contributed by atoms with E-state index in [1.807, 2.05) is 43.3 Å². The van der Waals surface area contributed by atoms with Crippen LogP contribution >= 0.6 is 35.4 Å². The molecule has 2 heterocycles. The maximum absolute atomic E-state index is 12.8. The number of hydrogen-bond acceptors (Lipinski definition) is 4. The Morgan fingerprint density at radius 2 is 2.00 bits per heavy atom. The van der Waals surface area contributed by atoms with E-state index in [1.54, 1.807) is 27.6 Å². The minimum absolute atomic E-state index is 0.00170. The summed E-state index contributed by atoms with van der Waals surface area (Å²) in [5.41, 5.74) is 2.76. The van der Waals surface area contributed by atoms with Crippen molar-refractivity contribution in [1.82, 2.24) is 24.5 Å². The van der Waals surface area contributed by atoms with Gasteiger partial charge in [0.15, 0.2) is 10.6 Å². The van der Waals surface area contributed by atoms with Crippen LogP contribution in [-0.2, 0) is 17.9 Å². The van der Waals surface area contributed by atoms with Gasteiger partial charge in [0.05, 0.1) is 22.8 Å². The van der Waals surface area contributed by atoms with Gasteiger partial charge < -0.3 is 5.32 Å². The van der Waals surface area contributed by atoms with Gasteiger partial charge in [-0.1, -0.05) is 59.1 Å². The van der Waals surface area contributed by atoms with Crippen molar-refractivity contribution in [3.05, 3.63) is 80.7 Å². The number of rotatable bonds is 6. The molecule has 1 amide bonds. The van der Waals surface area contributed by atoms with Crippen LogP contribution in [-0.4, -0.2) is 30.5 Å². The van der Waals surface area contributed by atoms with Crippen molar-refractivity contribution >= 4 is 47.1 Å². The third-order valence-electron chi connectivity index (χ3n) is 4.67. The number of amides is 1. The summed E-state index contributed by atoms with van der Waals surface area (Å²) in [6, 6.07) is 15.0. The first-order valence-electron chi connectivity index (χ1n) is 9.39. The van der Waals surface area contributed by atoms with E-state index in [4.69, 9.17) is 35.4 Å². The fraction of sp³-hybridized carbons (Fsp3) is 0.143. The lowest BCUT2D eigenvalue weighted by atomic mass is 10.1. The molecule has 0 saturated carbocycles. The van der Waals surface area contributed by atoms with Crippen molar-refractivity contribution in [3.8, 4) is 11.4 Å². The van der Waals surface area contributed by atoms with Gasteiger partial charge in [0.2, 0.25) is 5.91 Å². The van der Waals surface area contributed by atoms with E-state index in [1.165, 1.54) is 0 Å². The van der Waals surface area contributed by atoms with Crippen molar-refractivity contribution in [1.29, 1.82) is 0 Å². The molecule has 7 nitrogen and oxygen atoms in total. The Labute approximate surface area is 193 Å². The summed E-state index contributed by atoms with van der Waals surface area (Å²) in [4.78, 5) is 12.8. The summed E-state index contributed by atoms with van der Waals surface area (Å²) in [5.74, 6) is 0.876. The monoisotopic (exact) mass is 472 g/mol. The number of benzene rings is 2. The molecule has 0 radical (unpaired) electrons. The minimum Gasteiger partial charge on any atom is -0.309 e. The minimum atomic E-state index is -0.259. The molecule has 0 atom stereocenters. The predicted octanol–water partition coefficient (Wildman–Crippen LogP) is 5.11. The summed E-state index contributed by atoms with van der Waals surface area (Å²) in [6.07, 6.45) is 1.61. The number of hydrogen-bond donors (Lipinski definition) is 2. The first-order valence-corrected chi connectivity index (χ1v) is 10.6. The van der Waals surface area contributed by atoms with Gasteiger partial charge in [-0.25, -0.2) is 4.68 Å². The Balaban J connectivity index is 1.53. The Hall–Kier alpha value is -2.94. The highest BCUT2D eigenvalue weighted by Gasteiger charge is 2.15. The Bertz CT molecular complexity index is 1310. The van der Waals surface area contributed by atoms with Gasteiger partial charge in [-0.05, 0) is 36.8 Å². The molecule has 4 aromatic rings. The maximum Gasteiger partial charge on any atom is 0.245 e. The second-order valence-electron chi connectivity index (χ2n) is 6.94. The summed E-state index contributed by atoms with van der Waals surface area (Å²) >= 11 is 17.7. The molecule has 2 aromatic carbocycles. The lowest BCUT2D eigenvalue weighted by Gasteiger charge is -2.12. The summed E-state index contributed by atoms with van der Waals surface area (Å²) < 4.78 is 3.67. The molecule has 0 saturated heterocycles. The number of halogens is 2. The van der Waals surface area contributed by atoms with E-state index >= 15 is 0 Å². The molecular formula is C21H18Cl2N6OS. The Kier molecular flexibility index (Phi) is 6.22. The number of anilines is 1. The molecule has 0 bridgehead atoms. The van der Waals surface area contributed by atoms with E-state index in [0.29, 0.717) is 33.0 Å². The largest absolute Gasteiger partial charge is 0.309 e. The molecule has 0 unspecified atom stereocenters. The van der Waals surface area contributed by atoms with Crippen LogP contribution < -0.4 is 5.32 Å². The topological polar surface area (TPSA) is 80.5 Å². The maximum atomic E-state index is 12.8. The average molecular weight is 473 g/mol. The Morgan fingerprint density at radius 1 is 1.19 bits per heavy atom. The van der Waals surface area contributed by atoms with Crippen molar-refractivity contribution in [2.24, 2.45) is 0 Å². The zero-order chi connectivity index (χ0) is 22.0. The smallest absolute Gasteiger partial charge is 0.245 e. The number of nitrogens with zero attached hydrogens (tertiary/aromatic N) is 4. The molecule has 2 N–H and O–H groups in total. The SMILES string of the molecule is Cc1cccc(-c2n[nH]c(=S)n2CC(=O)Nc2ccnn2Cc2cccc(Cl)c2Cl)c1. The average Bonchev–Trinajstić information content (AvgIpc) is 3.32. The van der Waals surface area contributed by atoms with Gasteiger partial charge in [0.1, 0.15) is 12.4 Å². The van der Waals surface area contributed by atoms with Crippen LogP contribution in [0.2, 0.25) is 10.0 Å². The van der Waals surface area contributed by atoms with E-state index in [2.05, 4.69) is 20.6 Å². The zero-order valence-corrected chi connectivity index (χ0v) is 18.8. The fourth-order valence-corrected chi connectivity index (χ4v) is 3.77. The molecular weight excluding hydrogens is 455 g/mol. The number of aromatic amines is 1. The number of aromatic nitrogens is 5. The van der Waals surface area contributed by atoms with Gasteiger partial charge in [0, 0.05) is 11.6 Å². The fourth-order valence-electron chi connectivity index (χ4n) is 3.19. The molecule has 0 fully saturated rings.